The molecule has 8 heteroatoms. The maximum Gasteiger partial charge on any atom is 0.246 e. The van der Waals surface area contributed by atoms with Crippen molar-refractivity contribution in [2.45, 2.75) is 13.0 Å². The zero-order chi connectivity index (χ0) is 24.1. The second-order valence-electron chi connectivity index (χ2n) is 8.29. The van der Waals surface area contributed by atoms with Crippen molar-refractivity contribution in [3.8, 4) is 11.5 Å². The summed E-state index contributed by atoms with van der Waals surface area (Å²) in [7, 11) is -3.69. The van der Waals surface area contributed by atoms with E-state index in [-0.39, 0.29) is 5.91 Å². The number of anilines is 2. The molecule has 0 aromatic heterocycles. The molecule has 1 amide bonds. The van der Waals surface area contributed by atoms with Gasteiger partial charge in [-0.1, -0.05) is 36.4 Å². The number of sulfonamides is 1. The zero-order valence-electron chi connectivity index (χ0n) is 19.4. The highest BCUT2D eigenvalue weighted by Crippen LogP contribution is 2.27. The van der Waals surface area contributed by atoms with Gasteiger partial charge in [0.1, 0.15) is 17.5 Å². The summed E-state index contributed by atoms with van der Waals surface area (Å²) in [5, 5.41) is 0. The fraction of sp³-hybridized carbons (Fsp3) is 0.269. The van der Waals surface area contributed by atoms with Gasteiger partial charge in [0.2, 0.25) is 15.9 Å². The first-order valence-corrected chi connectivity index (χ1v) is 13.1. The van der Waals surface area contributed by atoms with E-state index in [2.05, 4.69) is 17.0 Å². The Hall–Kier alpha value is -3.52. The molecule has 1 heterocycles. The van der Waals surface area contributed by atoms with E-state index >= 15 is 0 Å². The van der Waals surface area contributed by atoms with E-state index in [1.165, 1.54) is 4.31 Å². The quantitative estimate of drug-likeness (QED) is 0.513. The molecule has 3 aromatic carbocycles. The predicted molar refractivity (Wildman–Crippen MR) is 135 cm³/mol. The number of piperazine rings is 1. The third-order valence-corrected chi connectivity index (χ3v) is 7.09. The van der Waals surface area contributed by atoms with Crippen molar-refractivity contribution < 1.29 is 17.9 Å². The lowest BCUT2D eigenvalue weighted by Crippen LogP contribution is -2.55. The number of ether oxygens (including phenoxy) is 1. The lowest BCUT2D eigenvalue weighted by Gasteiger charge is -2.39. The van der Waals surface area contributed by atoms with E-state index in [0.717, 1.165) is 11.9 Å². The second-order valence-corrected chi connectivity index (χ2v) is 10.2. The third-order valence-electron chi connectivity index (χ3n) is 5.85. The molecule has 1 atom stereocenters. The van der Waals surface area contributed by atoms with Crippen molar-refractivity contribution in [2.75, 3.05) is 41.6 Å². The molecule has 0 spiro atoms. The van der Waals surface area contributed by atoms with Gasteiger partial charge in [0, 0.05) is 31.9 Å². The second kappa shape index (κ2) is 10.2. The number of hydrogen-bond acceptors (Lipinski definition) is 5. The molecule has 7 nitrogen and oxygen atoms in total. The molecule has 1 aliphatic rings. The van der Waals surface area contributed by atoms with Crippen LogP contribution in [0.5, 0.6) is 11.5 Å². The number of carbonyl (C=O) groups is 1. The largest absolute Gasteiger partial charge is 0.457 e. The van der Waals surface area contributed by atoms with Crippen LogP contribution in [0.1, 0.15) is 6.92 Å². The molecule has 1 saturated heterocycles. The normalized spacial score (nSPS) is 15.0. The van der Waals surface area contributed by atoms with E-state index in [9.17, 15) is 13.2 Å². The predicted octanol–water partition coefficient (Wildman–Crippen LogP) is 3.98. The van der Waals surface area contributed by atoms with Gasteiger partial charge in [0.15, 0.2) is 0 Å². The number of nitrogens with zero attached hydrogens (tertiary/aromatic N) is 3. The summed E-state index contributed by atoms with van der Waals surface area (Å²) in [4.78, 5) is 17.3. The van der Waals surface area contributed by atoms with Crippen LogP contribution in [0.2, 0.25) is 0 Å². The van der Waals surface area contributed by atoms with Crippen molar-refractivity contribution in [3.63, 3.8) is 0 Å². The van der Waals surface area contributed by atoms with E-state index in [1.54, 1.807) is 36.1 Å². The maximum absolute atomic E-state index is 13.3. The maximum atomic E-state index is 13.3. The van der Waals surface area contributed by atoms with E-state index in [4.69, 9.17) is 4.74 Å². The van der Waals surface area contributed by atoms with Crippen LogP contribution in [0.3, 0.4) is 0 Å². The highest BCUT2D eigenvalue weighted by atomic mass is 32.2. The molecule has 0 radical (unpaired) electrons. The molecule has 4 rings (SSSR count). The van der Waals surface area contributed by atoms with Gasteiger partial charge in [0.05, 0.1) is 11.9 Å². The number of hydrogen-bond donors (Lipinski definition) is 0. The smallest absolute Gasteiger partial charge is 0.246 e. The number of para-hydroxylation sites is 2. The number of amides is 1. The molecule has 1 aliphatic heterocycles. The molecule has 34 heavy (non-hydrogen) atoms. The summed E-state index contributed by atoms with van der Waals surface area (Å²) in [6.07, 6.45) is 1.12. The van der Waals surface area contributed by atoms with Gasteiger partial charge in [-0.05, 0) is 55.5 Å². The molecule has 0 N–H and O–H groups in total. The Morgan fingerprint density at radius 1 is 0.824 bits per heavy atom. The van der Waals surface area contributed by atoms with Crippen LogP contribution in [0, 0.1) is 0 Å². The minimum Gasteiger partial charge on any atom is -0.457 e. The molecule has 3 aromatic rings. The SMILES string of the molecule is C[C@H](C(=O)N1CCN(c2ccccc2)CC1)N(c1ccc(Oc2ccccc2)cc1)S(C)(=O)=O. The highest BCUT2D eigenvalue weighted by Gasteiger charge is 2.33. The Bertz CT molecular complexity index is 1190. The number of rotatable bonds is 7. The topological polar surface area (TPSA) is 70.2 Å². The first-order chi connectivity index (χ1) is 16.3. The first kappa shape index (κ1) is 23.6. The molecule has 0 saturated carbocycles. The van der Waals surface area contributed by atoms with Gasteiger partial charge < -0.3 is 14.5 Å². The van der Waals surface area contributed by atoms with Crippen LogP contribution in [0.15, 0.2) is 84.9 Å². The van der Waals surface area contributed by atoms with Crippen LogP contribution in [0.4, 0.5) is 11.4 Å². The van der Waals surface area contributed by atoms with Gasteiger partial charge in [-0.25, -0.2) is 8.42 Å². The van der Waals surface area contributed by atoms with Gasteiger partial charge >= 0.3 is 0 Å². The van der Waals surface area contributed by atoms with Crippen LogP contribution in [-0.2, 0) is 14.8 Å². The Kier molecular flexibility index (Phi) is 7.07. The standard InChI is InChI=1S/C26H29N3O4S/c1-21(26(30)28-19-17-27(18-20-28)22-9-5-3-6-10-22)29(34(2,31)32)23-13-15-25(16-14-23)33-24-11-7-4-8-12-24/h3-16,21H,17-20H2,1-2H3/t21-/m1/s1. The number of benzene rings is 3. The minimum absolute atomic E-state index is 0.206. The Morgan fingerprint density at radius 2 is 1.35 bits per heavy atom. The van der Waals surface area contributed by atoms with Crippen molar-refractivity contribution in [2.24, 2.45) is 0 Å². The summed E-state index contributed by atoms with van der Waals surface area (Å²) in [5.74, 6) is 1.07. The fourth-order valence-corrected chi connectivity index (χ4v) is 5.35. The molecule has 0 unspecified atom stereocenters. The van der Waals surface area contributed by atoms with Crippen molar-refractivity contribution in [3.05, 3.63) is 84.9 Å². The lowest BCUT2D eigenvalue weighted by molar-refractivity contribution is -0.132. The minimum atomic E-state index is -3.69. The van der Waals surface area contributed by atoms with Crippen molar-refractivity contribution in [1.82, 2.24) is 4.90 Å². The Balaban J connectivity index is 1.45. The highest BCUT2D eigenvalue weighted by molar-refractivity contribution is 7.92. The van der Waals surface area contributed by atoms with Gasteiger partial charge in [-0.2, -0.15) is 0 Å². The lowest BCUT2D eigenvalue weighted by atomic mass is 10.2. The van der Waals surface area contributed by atoms with E-state index < -0.39 is 16.1 Å². The fourth-order valence-electron chi connectivity index (χ4n) is 4.18. The van der Waals surface area contributed by atoms with Crippen LogP contribution < -0.4 is 13.9 Å². The number of carbonyl (C=O) groups excluding carboxylic acids is 1. The summed E-state index contributed by atoms with van der Waals surface area (Å²) < 4.78 is 32.4. The zero-order valence-corrected chi connectivity index (χ0v) is 20.2. The summed E-state index contributed by atoms with van der Waals surface area (Å²) in [6, 6.07) is 25.3. The van der Waals surface area contributed by atoms with Crippen molar-refractivity contribution in [1.29, 1.82) is 0 Å². The average molecular weight is 480 g/mol. The molecule has 178 valence electrons. The van der Waals surface area contributed by atoms with E-state index in [0.29, 0.717) is 43.4 Å². The summed E-state index contributed by atoms with van der Waals surface area (Å²) >= 11 is 0. The molecular weight excluding hydrogens is 450 g/mol. The molecule has 1 fully saturated rings. The summed E-state index contributed by atoms with van der Waals surface area (Å²) in [5.41, 5.74) is 1.55. The first-order valence-electron chi connectivity index (χ1n) is 11.2. The van der Waals surface area contributed by atoms with Crippen LogP contribution in [0.25, 0.3) is 0 Å². The van der Waals surface area contributed by atoms with Crippen molar-refractivity contribution >= 4 is 27.3 Å². The molecular formula is C26H29N3O4S. The van der Waals surface area contributed by atoms with Gasteiger partial charge in [-0.3, -0.25) is 9.10 Å². The Morgan fingerprint density at radius 3 is 1.91 bits per heavy atom. The average Bonchev–Trinajstić information content (AvgIpc) is 2.85. The van der Waals surface area contributed by atoms with E-state index in [1.807, 2.05) is 48.5 Å². The molecule has 0 bridgehead atoms. The summed E-state index contributed by atoms with van der Waals surface area (Å²) in [6.45, 7) is 4.13. The van der Waals surface area contributed by atoms with Gasteiger partial charge in [-0.15, -0.1) is 0 Å². The Labute approximate surface area is 201 Å². The third kappa shape index (κ3) is 5.51. The van der Waals surface area contributed by atoms with Gasteiger partial charge in [0.25, 0.3) is 0 Å². The van der Waals surface area contributed by atoms with Crippen LogP contribution >= 0.6 is 0 Å². The van der Waals surface area contributed by atoms with Crippen LogP contribution in [-0.4, -0.2) is 57.7 Å². The molecule has 0 aliphatic carbocycles. The monoisotopic (exact) mass is 479 g/mol.